The van der Waals surface area contributed by atoms with Gasteiger partial charge in [0.1, 0.15) is 35.5 Å². The first-order valence-corrected chi connectivity index (χ1v) is 20.2. The van der Waals surface area contributed by atoms with Gasteiger partial charge >= 0.3 is 6.03 Å². The first-order valence-electron chi connectivity index (χ1n) is 20.2. The van der Waals surface area contributed by atoms with Gasteiger partial charge in [0, 0.05) is 54.0 Å². The Morgan fingerprint density at radius 2 is 1.65 bits per heavy atom. The molecule has 3 amide bonds. The average molecular weight is 811 g/mol. The van der Waals surface area contributed by atoms with Crippen LogP contribution in [0.25, 0.3) is 16.5 Å². The van der Waals surface area contributed by atoms with Crippen molar-refractivity contribution in [2.75, 3.05) is 62.0 Å². The summed E-state index contributed by atoms with van der Waals surface area (Å²) in [5.74, 6) is 2.13. The Morgan fingerprint density at radius 1 is 0.850 bits per heavy atom. The monoisotopic (exact) mass is 810 g/mol. The summed E-state index contributed by atoms with van der Waals surface area (Å²) in [7, 11) is 0. The zero-order valence-electron chi connectivity index (χ0n) is 34.3. The third kappa shape index (κ3) is 9.71. The molecular formula is C45H50N10O5. The topological polar surface area (TPSA) is 170 Å². The smallest absolute Gasteiger partial charge is 0.324 e. The lowest BCUT2D eigenvalue weighted by atomic mass is 9.92. The van der Waals surface area contributed by atoms with Crippen LogP contribution in [-0.4, -0.2) is 93.7 Å². The van der Waals surface area contributed by atoms with E-state index in [1.165, 1.54) is 12.4 Å². The van der Waals surface area contributed by atoms with Gasteiger partial charge in [-0.2, -0.15) is 5.10 Å². The number of aromatic nitrogens is 5. The van der Waals surface area contributed by atoms with Crippen molar-refractivity contribution < 1.29 is 23.8 Å². The quantitative estimate of drug-likeness (QED) is 0.102. The fourth-order valence-corrected chi connectivity index (χ4v) is 7.23. The van der Waals surface area contributed by atoms with E-state index in [0.717, 1.165) is 66.1 Å². The summed E-state index contributed by atoms with van der Waals surface area (Å²) in [5, 5.41) is 18.8. The van der Waals surface area contributed by atoms with Gasteiger partial charge in [0.05, 0.1) is 61.9 Å². The van der Waals surface area contributed by atoms with E-state index in [0.29, 0.717) is 42.1 Å². The van der Waals surface area contributed by atoms with Crippen LogP contribution in [0, 0.1) is 12.8 Å². The molecule has 310 valence electrons. The third-order valence-corrected chi connectivity index (χ3v) is 10.6. The molecular weight excluding hydrogens is 761 g/mol. The van der Waals surface area contributed by atoms with Gasteiger partial charge in [-0.1, -0.05) is 62.7 Å². The molecule has 0 bridgehead atoms. The summed E-state index contributed by atoms with van der Waals surface area (Å²) in [6.07, 6.45) is 4.65. The standard InChI is InChI=1S/C45H50N10O5/c1-29-9-11-32(12-10-29)55-42(22-39(53-55)45(2,3)4)52-44(57)50-35-13-14-38(34-8-6-5-7-33(34)35)60-26-30-15-16-46-40(21-30)51-41-24-47-36(23-48-41)43(56)49-37-28-59-27-31(37)25-54-17-19-58-20-18-54/h5-16,21-24,31,37H,17-20,25-28H2,1-4H3,(H,49,56)(H,46,48,51)(H2,50,52,57). The number of anilines is 4. The van der Waals surface area contributed by atoms with Gasteiger partial charge in [-0.3, -0.25) is 15.0 Å². The van der Waals surface area contributed by atoms with E-state index < -0.39 is 6.03 Å². The highest BCUT2D eigenvalue weighted by molar-refractivity contribution is 6.07. The Bertz CT molecular complexity index is 2440. The normalized spacial score (nSPS) is 17.0. The number of carbonyl (C=O) groups is 2. The molecule has 2 atom stereocenters. The second-order valence-electron chi connectivity index (χ2n) is 16.2. The Balaban J connectivity index is 0.884. The average Bonchev–Trinajstić information content (AvgIpc) is 3.88. The Labute approximate surface area is 348 Å². The predicted octanol–water partition coefficient (Wildman–Crippen LogP) is 6.86. The Kier molecular flexibility index (Phi) is 12.0. The van der Waals surface area contributed by atoms with Gasteiger partial charge in [-0.05, 0) is 48.9 Å². The summed E-state index contributed by atoms with van der Waals surface area (Å²) in [6, 6.07) is 24.6. The van der Waals surface area contributed by atoms with Crippen molar-refractivity contribution in [1.82, 2.24) is 34.9 Å². The highest BCUT2D eigenvalue weighted by Gasteiger charge is 2.32. The Hall–Kier alpha value is -6.42. The van der Waals surface area contributed by atoms with E-state index in [1.54, 1.807) is 10.9 Å². The van der Waals surface area contributed by atoms with Gasteiger partial charge in [-0.25, -0.2) is 24.4 Å². The van der Waals surface area contributed by atoms with Crippen LogP contribution in [0.1, 0.15) is 48.1 Å². The van der Waals surface area contributed by atoms with E-state index in [9.17, 15) is 9.59 Å². The highest BCUT2D eigenvalue weighted by atomic mass is 16.5. The molecule has 0 aliphatic carbocycles. The SMILES string of the molecule is Cc1ccc(-n2nc(C(C)(C)C)cc2NC(=O)Nc2ccc(OCc3ccnc(Nc4cnc(C(=O)NC5COCC5CN5CCOCC5)cn4)c3)c3ccccc23)cc1. The van der Waals surface area contributed by atoms with Gasteiger partial charge in [-0.15, -0.1) is 0 Å². The van der Waals surface area contributed by atoms with Crippen LogP contribution in [0.5, 0.6) is 5.75 Å². The second-order valence-corrected chi connectivity index (χ2v) is 16.2. The maximum Gasteiger partial charge on any atom is 0.324 e. The lowest BCUT2D eigenvalue weighted by molar-refractivity contribution is 0.0284. The summed E-state index contributed by atoms with van der Waals surface area (Å²) in [4.78, 5) is 42.2. The number of nitrogens with one attached hydrogen (secondary N) is 4. The fourth-order valence-electron chi connectivity index (χ4n) is 7.23. The number of carbonyl (C=O) groups excluding carboxylic acids is 2. The molecule has 8 rings (SSSR count). The number of fused-ring (bicyclic) bond motifs is 1. The molecule has 2 saturated heterocycles. The van der Waals surface area contributed by atoms with Gasteiger partial charge in [0.15, 0.2) is 0 Å². The number of pyridine rings is 1. The van der Waals surface area contributed by atoms with Crippen molar-refractivity contribution in [1.29, 1.82) is 0 Å². The summed E-state index contributed by atoms with van der Waals surface area (Å²) < 4.78 is 19.3. The number of benzene rings is 3. The summed E-state index contributed by atoms with van der Waals surface area (Å²) in [6.45, 7) is 13.7. The second kappa shape index (κ2) is 17.8. The molecule has 15 heteroatoms. The van der Waals surface area contributed by atoms with Gasteiger partial charge < -0.3 is 30.2 Å². The number of hydrogen-bond donors (Lipinski definition) is 4. The molecule has 0 radical (unpaired) electrons. The lowest BCUT2D eigenvalue weighted by Gasteiger charge is -2.30. The molecule has 6 aromatic rings. The number of morpholine rings is 1. The number of nitrogens with zero attached hydrogens (tertiary/aromatic N) is 6. The van der Waals surface area contributed by atoms with E-state index in [4.69, 9.17) is 19.3 Å². The van der Waals surface area contributed by atoms with E-state index in [1.807, 2.05) is 85.8 Å². The minimum Gasteiger partial charge on any atom is -0.488 e. The van der Waals surface area contributed by atoms with Gasteiger partial charge in [0.25, 0.3) is 5.91 Å². The largest absolute Gasteiger partial charge is 0.488 e. The predicted molar refractivity (Wildman–Crippen MR) is 230 cm³/mol. The molecule has 2 aliphatic rings. The van der Waals surface area contributed by atoms with Crippen molar-refractivity contribution in [3.8, 4) is 11.4 Å². The van der Waals surface area contributed by atoms with Crippen LogP contribution >= 0.6 is 0 Å². The van der Waals surface area contributed by atoms with Crippen LogP contribution in [0.15, 0.2) is 97.5 Å². The number of hydrogen-bond acceptors (Lipinski definition) is 11. The number of ether oxygens (including phenoxy) is 3. The van der Waals surface area contributed by atoms with E-state index >= 15 is 0 Å². The summed E-state index contributed by atoms with van der Waals surface area (Å²) >= 11 is 0. The van der Waals surface area contributed by atoms with Crippen LogP contribution in [-0.2, 0) is 21.5 Å². The first kappa shape index (κ1) is 40.4. The number of urea groups is 1. The van der Waals surface area contributed by atoms with E-state index in [2.05, 4.69) is 61.9 Å². The molecule has 5 heterocycles. The molecule has 0 spiro atoms. The number of rotatable bonds is 12. The maximum absolute atomic E-state index is 13.5. The van der Waals surface area contributed by atoms with E-state index in [-0.39, 0.29) is 35.6 Å². The summed E-state index contributed by atoms with van der Waals surface area (Å²) in [5.41, 5.74) is 4.35. The molecule has 0 saturated carbocycles. The first-order chi connectivity index (χ1) is 29.1. The molecule has 4 N–H and O–H groups in total. The van der Waals surface area contributed by atoms with Crippen LogP contribution < -0.4 is 26.0 Å². The number of aryl methyl sites for hydroxylation is 1. The zero-order valence-corrected chi connectivity index (χ0v) is 34.3. The molecule has 3 aromatic heterocycles. The Morgan fingerprint density at radius 3 is 2.42 bits per heavy atom. The molecule has 2 unspecified atom stereocenters. The lowest BCUT2D eigenvalue weighted by Crippen LogP contribution is -2.46. The molecule has 60 heavy (non-hydrogen) atoms. The maximum atomic E-state index is 13.5. The van der Waals surface area contributed by atoms with Crippen molar-refractivity contribution in [3.63, 3.8) is 0 Å². The van der Waals surface area contributed by atoms with Crippen molar-refractivity contribution in [3.05, 3.63) is 120 Å². The minimum atomic E-state index is -0.394. The molecule has 3 aromatic carbocycles. The van der Waals surface area contributed by atoms with Crippen LogP contribution in [0.3, 0.4) is 0 Å². The van der Waals surface area contributed by atoms with Crippen molar-refractivity contribution >= 4 is 45.9 Å². The zero-order chi connectivity index (χ0) is 41.6. The highest BCUT2D eigenvalue weighted by Crippen LogP contribution is 2.33. The van der Waals surface area contributed by atoms with Crippen molar-refractivity contribution in [2.24, 2.45) is 5.92 Å². The van der Waals surface area contributed by atoms with Crippen LogP contribution in [0.2, 0.25) is 0 Å². The fraction of sp³-hybridized carbons (Fsp3) is 0.333. The van der Waals surface area contributed by atoms with Crippen LogP contribution in [0.4, 0.5) is 27.9 Å². The minimum absolute atomic E-state index is 0.0947. The third-order valence-electron chi connectivity index (χ3n) is 10.6. The van der Waals surface area contributed by atoms with Crippen molar-refractivity contribution in [2.45, 2.75) is 45.8 Å². The van der Waals surface area contributed by atoms with Gasteiger partial charge in [0.2, 0.25) is 0 Å². The molecule has 2 fully saturated rings. The molecule has 2 aliphatic heterocycles. The number of amides is 3. The molecule has 15 nitrogen and oxygen atoms in total.